The molecular weight excluding hydrogens is 300 g/mol. The van der Waals surface area contributed by atoms with E-state index in [0.717, 1.165) is 31.4 Å². The van der Waals surface area contributed by atoms with Gasteiger partial charge in [0, 0.05) is 12.1 Å². The Kier molecular flexibility index (Phi) is 5.56. The minimum atomic E-state index is -4.00. The minimum Gasteiger partial charge on any atom is -0.468 e. The van der Waals surface area contributed by atoms with Gasteiger partial charge in [0.15, 0.2) is 0 Å². The largest absolute Gasteiger partial charge is 0.468 e. The number of rotatable bonds is 7. The van der Waals surface area contributed by atoms with Gasteiger partial charge in [-0.25, -0.2) is 8.42 Å². The Balaban J connectivity index is 3.01. The Labute approximate surface area is 121 Å². The summed E-state index contributed by atoms with van der Waals surface area (Å²) < 4.78 is 30.9. The van der Waals surface area contributed by atoms with Crippen LogP contribution in [0.15, 0.2) is 41.8 Å². The van der Waals surface area contributed by atoms with E-state index in [4.69, 9.17) is 0 Å². The molecule has 0 saturated heterocycles. The third kappa shape index (κ3) is 4.36. The fraction of sp³-hybridized carbons (Fsp3) is 0.250. The topological polar surface area (TPSA) is 116 Å². The summed E-state index contributed by atoms with van der Waals surface area (Å²) in [5.41, 5.74) is -0.232. The van der Waals surface area contributed by atoms with E-state index in [-0.39, 0.29) is 17.0 Å². The number of nitro benzene ring substituents is 1. The molecule has 0 spiro atoms. The normalized spacial score (nSPS) is 12.4. The molecule has 0 heterocycles. The zero-order chi connectivity index (χ0) is 16.0. The number of sulfonamides is 1. The fourth-order valence-electron chi connectivity index (χ4n) is 1.50. The molecule has 8 nitrogen and oxygen atoms in total. The molecule has 0 fully saturated rings. The molecule has 1 rings (SSSR count). The van der Waals surface area contributed by atoms with Crippen LogP contribution in [-0.2, 0) is 19.6 Å². The van der Waals surface area contributed by atoms with E-state index >= 15 is 0 Å². The van der Waals surface area contributed by atoms with Crippen molar-refractivity contribution in [2.45, 2.75) is 17.4 Å². The molecule has 21 heavy (non-hydrogen) atoms. The van der Waals surface area contributed by atoms with Crippen LogP contribution in [0.5, 0.6) is 0 Å². The lowest BCUT2D eigenvalue weighted by Crippen LogP contribution is -2.41. The third-order valence-corrected chi connectivity index (χ3v) is 4.03. The lowest BCUT2D eigenvalue weighted by Gasteiger charge is -2.14. The Morgan fingerprint density at radius 2 is 2.05 bits per heavy atom. The van der Waals surface area contributed by atoms with Gasteiger partial charge >= 0.3 is 5.97 Å². The van der Waals surface area contributed by atoms with Crippen LogP contribution in [0.2, 0.25) is 0 Å². The summed E-state index contributed by atoms with van der Waals surface area (Å²) >= 11 is 0. The molecule has 0 bridgehead atoms. The second-order valence-corrected chi connectivity index (χ2v) is 5.69. The Morgan fingerprint density at radius 3 is 2.48 bits per heavy atom. The molecule has 0 saturated carbocycles. The lowest BCUT2D eigenvalue weighted by atomic mass is 10.2. The quantitative estimate of drug-likeness (QED) is 0.347. The maximum Gasteiger partial charge on any atom is 0.324 e. The van der Waals surface area contributed by atoms with Crippen molar-refractivity contribution in [2.24, 2.45) is 0 Å². The molecule has 0 aliphatic heterocycles. The zero-order valence-electron chi connectivity index (χ0n) is 11.2. The van der Waals surface area contributed by atoms with Crippen molar-refractivity contribution in [1.29, 1.82) is 0 Å². The highest BCUT2D eigenvalue weighted by molar-refractivity contribution is 7.89. The molecule has 0 aliphatic carbocycles. The van der Waals surface area contributed by atoms with E-state index in [0.29, 0.717) is 0 Å². The van der Waals surface area contributed by atoms with E-state index in [1.807, 2.05) is 0 Å². The summed E-state index contributed by atoms with van der Waals surface area (Å²) in [5.74, 6) is -0.750. The molecule has 0 radical (unpaired) electrons. The minimum absolute atomic E-state index is 0.0544. The van der Waals surface area contributed by atoms with Gasteiger partial charge in [-0.05, 0) is 18.6 Å². The number of ether oxygens (including phenoxy) is 1. The predicted octanol–water partition coefficient (Wildman–Crippen LogP) is 0.991. The first-order chi connectivity index (χ1) is 9.81. The van der Waals surface area contributed by atoms with Gasteiger partial charge in [0.2, 0.25) is 10.0 Å². The maximum atomic E-state index is 12.1. The summed E-state index contributed by atoms with van der Waals surface area (Å²) in [6, 6.07) is 3.20. The molecule has 0 amide bonds. The average Bonchev–Trinajstić information content (AvgIpc) is 2.45. The summed E-state index contributed by atoms with van der Waals surface area (Å²) in [5, 5.41) is 10.5. The van der Waals surface area contributed by atoms with Crippen LogP contribution in [0.25, 0.3) is 0 Å². The fourth-order valence-corrected chi connectivity index (χ4v) is 2.70. The van der Waals surface area contributed by atoms with Crippen molar-refractivity contribution in [1.82, 2.24) is 4.72 Å². The standard InChI is InChI=1S/C12H14N2O6S/c1-3-4-11(12(15)20-2)13-21(18,19)10-7-5-9(6-8-10)14(16)17/h3,5-8,11,13H,1,4H2,2H3/t11-/m0/s1. The van der Waals surface area contributed by atoms with Crippen LogP contribution in [0, 0.1) is 10.1 Å². The number of nitro groups is 1. The lowest BCUT2D eigenvalue weighted by molar-refractivity contribution is -0.384. The van der Waals surface area contributed by atoms with Crippen molar-refractivity contribution in [3.05, 3.63) is 47.0 Å². The number of hydrogen-bond acceptors (Lipinski definition) is 6. The SMILES string of the molecule is C=CC[C@H](NS(=O)(=O)c1ccc([N+](=O)[O-])cc1)C(=O)OC. The zero-order valence-corrected chi connectivity index (χ0v) is 12.0. The van der Waals surface area contributed by atoms with Crippen molar-refractivity contribution >= 4 is 21.7 Å². The molecule has 1 atom stereocenters. The molecule has 0 unspecified atom stereocenters. The second kappa shape index (κ2) is 6.95. The number of nitrogens with one attached hydrogen (secondary N) is 1. The van der Waals surface area contributed by atoms with Crippen molar-refractivity contribution in [2.75, 3.05) is 7.11 Å². The van der Waals surface area contributed by atoms with Gasteiger partial charge in [0.05, 0.1) is 16.9 Å². The van der Waals surface area contributed by atoms with Crippen LogP contribution >= 0.6 is 0 Å². The number of benzene rings is 1. The van der Waals surface area contributed by atoms with E-state index in [9.17, 15) is 23.3 Å². The monoisotopic (exact) mass is 314 g/mol. The highest BCUT2D eigenvalue weighted by Crippen LogP contribution is 2.16. The van der Waals surface area contributed by atoms with Crippen LogP contribution in [0.4, 0.5) is 5.69 Å². The van der Waals surface area contributed by atoms with Gasteiger partial charge in [0.25, 0.3) is 5.69 Å². The van der Waals surface area contributed by atoms with Crippen LogP contribution < -0.4 is 4.72 Å². The van der Waals surface area contributed by atoms with Crippen molar-refractivity contribution in [3.8, 4) is 0 Å². The number of esters is 1. The molecule has 0 aliphatic rings. The molecule has 0 aromatic heterocycles. The average molecular weight is 314 g/mol. The molecule has 9 heteroatoms. The van der Waals surface area contributed by atoms with Gasteiger partial charge in [-0.2, -0.15) is 4.72 Å². The molecular formula is C12H14N2O6S. The Hall–Kier alpha value is -2.26. The predicted molar refractivity (Wildman–Crippen MR) is 74.0 cm³/mol. The number of carbonyl (C=O) groups is 1. The smallest absolute Gasteiger partial charge is 0.324 e. The van der Waals surface area contributed by atoms with Gasteiger partial charge in [-0.1, -0.05) is 6.08 Å². The van der Waals surface area contributed by atoms with Gasteiger partial charge in [-0.15, -0.1) is 6.58 Å². The first-order valence-electron chi connectivity index (χ1n) is 5.77. The number of nitrogens with zero attached hydrogens (tertiary/aromatic N) is 1. The van der Waals surface area contributed by atoms with E-state index < -0.39 is 27.0 Å². The van der Waals surface area contributed by atoms with E-state index in [2.05, 4.69) is 16.0 Å². The number of hydrogen-bond donors (Lipinski definition) is 1. The highest BCUT2D eigenvalue weighted by Gasteiger charge is 2.25. The van der Waals surface area contributed by atoms with Crippen molar-refractivity contribution in [3.63, 3.8) is 0 Å². The number of carbonyl (C=O) groups excluding carboxylic acids is 1. The summed E-state index contributed by atoms with van der Waals surface area (Å²) in [7, 11) is -2.86. The summed E-state index contributed by atoms with van der Waals surface area (Å²) in [4.78, 5) is 21.2. The Morgan fingerprint density at radius 1 is 1.48 bits per heavy atom. The van der Waals surface area contributed by atoms with Gasteiger partial charge < -0.3 is 4.74 Å². The molecule has 1 aromatic carbocycles. The summed E-state index contributed by atoms with van der Waals surface area (Å²) in [6.07, 6.45) is 1.43. The maximum absolute atomic E-state index is 12.1. The first kappa shape index (κ1) is 16.8. The first-order valence-corrected chi connectivity index (χ1v) is 7.25. The van der Waals surface area contributed by atoms with E-state index in [1.165, 1.54) is 6.08 Å². The number of non-ortho nitro benzene ring substituents is 1. The van der Waals surface area contributed by atoms with E-state index in [1.54, 1.807) is 0 Å². The second-order valence-electron chi connectivity index (χ2n) is 3.97. The molecule has 1 aromatic rings. The van der Waals surface area contributed by atoms with Crippen LogP contribution in [0.1, 0.15) is 6.42 Å². The highest BCUT2D eigenvalue weighted by atomic mass is 32.2. The molecule has 1 N–H and O–H groups in total. The van der Waals surface area contributed by atoms with Gasteiger partial charge in [-0.3, -0.25) is 14.9 Å². The van der Waals surface area contributed by atoms with Crippen LogP contribution in [-0.4, -0.2) is 32.5 Å². The van der Waals surface area contributed by atoms with Crippen LogP contribution in [0.3, 0.4) is 0 Å². The summed E-state index contributed by atoms with van der Waals surface area (Å²) in [6.45, 7) is 3.43. The van der Waals surface area contributed by atoms with Gasteiger partial charge in [0.1, 0.15) is 6.04 Å². The molecule has 114 valence electrons. The number of methoxy groups -OCH3 is 1. The Bertz CT molecular complexity index is 638. The van der Waals surface area contributed by atoms with Crippen molar-refractivity contribution < 1.29 is 22.9 Å². The third-order valence-electron chi connectivity index (χ3n) is 2.54.